The Hall–Kier alpha value is -1.66. The largest absolute Gasteiger partial charge is 0.506 e. The number of carbonyl (C=O) groups is 2. The summed E-state index contributed by atoms with van der Waals surface area (Å²) in [4.78, 5) is 28.9. The number of phenols is 1. The van der Waals surface area contributed by atoms with Crippen molar-refractivity contribution in [1.82, 2.24) is 15.1 Å². The van der Waals surface area contributed by atoms with Gasteiger partial charge in [-0.1, -0.05) is 23.2 Å². The van der Waals surface area contributed by atoms with Crippen LogP contribution >= 0.6 is 23.2 Å². The summed E-state index contributed by atoms with van der Waals surface area (Å²) in [7, 11) is 1.74. The summed E-state index contributed by atoms with van der Waals surface area (Å²) in [5.74, 6) is -0.310. The minimum absolute atomic E-state index is 0.0268. The first-order valence-electron chi connectivity index (χ1n) is 9.37. The van der Waals surface area contributed by atoms with Crippen LogP contribution in [0.1, 0.15) is 42.5 Å². The highest BCUT2D eigenvalue weighted by Crippen LogP contribution is 2.41. The molecule has 2 N–H and O–H groups in total. The SMILES string of the molecule is CN(C(=O)c1cc(Cl)cc(Cl)c1O)[C@@H]1C[C@H]2C[C@@H]1CN2C(=O)NC1CCC1. The lowest BCUT2D eigenvalue weighted by Crippen LogP contribution is -2.53. The van der Waals surface area contributed by atoms with Crippen LogP contribution in [0.15, 0.2) is 12.1 Å². The average molecular weight is 412 g/mol. The number of halogens is 2. The van der Waals surface area contributed by atoms with Crippen molar-refractivity contribution in [2.45, 2.75) is 50.2 Å². The van der Waals surface area contributed by atoms with Crippen LogP contribution in [0.4, 0.5) is 4.79 Å². The molecule has 3 fully saturated rings. The molecule has 2 bridgehead atoms. The number of amides is 3. The lowest BCUT2D eigenvalue weighted by Gasteiger charge is -2.37. The molecule has 1 heterocycles. The summed E-state index contributed by atoms with van der Waals surface area (Å²) in [5, 5.41) is 13.6. The number of nitrogens with zero attached hydrogens (tertiary/aromatic N) is 2. The molecule has 6 nitrogen and oxygen atoms in total. The van der Waals surface area contributed by atoms with Crippen molar-refractivity contribution in [1.29, 1.82) is 0 Å². The normalized spacial score (nSPS) is 26.8. The molecule has 3 atom stereocenters. The van der Waals surface area contributed by atoms with Crippen LogP contribution < -0.4 is 5.32 Å². The summed E-state index contributed by atoms with van der Waals surface area (Å²) in [6.45, 7) is 0.661. The molecule has 2 saturated carbocycles. The smallest absolute Gasteiger partial charge is 0.317 e. The highest BCUT2D eigenvalue weighted by Gasteiger charge is 2.49. The lowest BCUT2D eigenvalue weighted by molar-refractivity contribution is 0.0642. The molecular weight excluding hydrogens is 389 g/mol. The number of hydrogen-bond acceptors (Lipinski definition) is 3. The third-order valence-corrected chi connectivity index (χ3v) is 6.78. The molecule has 1 aliphatic heterocycles. The minimum Gasteiger partial charge on any atom is -0.506 e. The Bertz CT molecular complexity index is 784. The molecule has 0 unspecified atom stereocenters. The number of aromatic hydroxyl groups is 1. The van der Waals surface area contributed by atoms with E-state index < -0.39 is 0 Å². The van der Waals surface area contributed by atoms with E-state index in [0.717, 1.165) is 25.7 Å². The van der Waals surface area contributed by atoms with Gasteiger partial charge in [0.15, 0.2) is 0 Å². The summed E-state index contributed by atoms with van der Waals surface area (Å²) in [6, 6.07) is 3.39. The van der Waals surface area contributed by atoms with Crippen molar-refractivity contribution in [2.75, 3.05) is 13.6 Å². The molecule has 4 rings (SSSR count). The van der Waals surface area contributed by atoms with Crippen molar-refractivity contribution in [3.8, 4) is 5.75 Å². The molecule has 2 aliphatic carbocycles. The predicted octanol–water partition coefficient (Wildman–Crippen LogP) is 3.50. The molecule has 1 aromatic carbocycles. The monoisotopic (exact) mass is 411 g/mol. The lowest BCUT2D eigenvalue weighted by atomic mass is 9.93. The number of phenolic OH excluding ortho intramolecular Hbond substituents is 1. The molecule has 0 aromatic heterocycles. The van der Waals surface area contributed by atoms with Crippen LogP contribution in [0, 0.1) is 5.92 Å². The number of urea groups is 1. The van der Waals surface area contributed by atoms with Crippen LogP contribution in [-0.2, 0) is 0 Å². The second-order valence-corrected chi connectivity index (χ2v) is 8.73. The van der Waals surface area contributed by atoms with Crippen molar-refractivity contribution < 1.29 is 14.7 Å². The maximum atomic E-state index is 12.9. The van der Waals surface area contributed by atoms with Crippen molar-refractivity contribution >= 4 is 35.1 Å². The molecule has 0 radical (unpaired) electrons. The third-order valence-electron chi connectivity index (χ3n) is 6.27. The van der Waals surface area contributed by atoms with Gasteiger partial charge in [-0.25, -0.2) is 4.79 Å². The van der Waals surface area contributed by atoms with Gasteiger partial charge in [0, 0.05) is 36.7 Å². The van der Waals surface area contributed by atoms with Crippen LogP contribution in [0.3, 0.4) is 0 Å². The predicted molar refractivity (Wildman–Crippen MR) is 103 cm³/mol. The van der Waals surface area contributed by atoms with Gasteiger partial charge < -0.3 is 20.2 Å². The number of fused-ring (bicyclic) bond motifs is 2. The maximum Gasteiger partial charge on any atom is 0.317 e. The summed E-state index contributed by atoms with van der Waals surface area (Å²) >= 11 is 11.9. The number of nitrogens with one attached hydrogen (secondary N) is 1. The summed E-state index contributed by atoms with van der Waals surface area (Å²) in [5.41, 5.74) is 0.109. The van der Waals surface area contributed by atoms with Crippen molar-refractivity contribution in [3.63, 3.8) is 0 Å². The molecular formula is C19H23Cl2N3O3. The molecule has 146 valence electrons. The number of rotatable bonds is 3. The first-order chi connectivity index (χ1) is 12.8. The number of hydrogen-bond donors (Lipinski definition) is 2. The van der Waals surface area contributed by atoms with E-state index >= 15 is 0 Å². The van der Waals surface area contributed by atoms with Gasteiger partial charge in [-0.3, -0.25) is 4.79 Å². The fourth-order valence-electron chi connectivity index (χ4n) is 4.53. The van der Waals surface area contributed by atoms with E-state index in [2.05, 4.69) is 5.32 Å². The quantitative estimate of drug-likeness (QED) is 0.798. The molecule has 3 amide bonds. The van der Waals surface area contributed by atoms with Gasteiger partial charge >= 0.3 is 6.03 Å². The zero-order valence-corrected chi connectivity index (χ0v) is 16.6. The Labute approximate surface area is 168 Å². The Kier molecular flexibility index (Phi) is 4.89. The zero-order valence-electron chi connectivity index (χ0n) is 15.1. The van der Waals surface area contributed by atoms with Gasteiger partial charge in [0.1, 0.15) is 5.75 Å². The Morgan fingerprint density at radius 3 is 2.59 bits per heavy atom. The van der Waals surface area contributed by atoms with E-state index in [1.54, 1.807) is 11.9 Å². The highest BCUT2D eigenvalue weighted by molar-refractivity contribution is 6.36. The average Bonchev–Trinajstić information content (AvgIpc) is 3.20. The van der Waals surface area contributed by atoms with E-state index in [9.17, 15) is 14.7 Å². The highest BCUT2D eigenvalue weighted by atomic mass is 35.5. The standard InChI is InChI=1S/C19H23Cl2N3O3/c1-23(18(26)14-6-11(20)7-15(21)17(14)25)16-8-13-5-10(16)9-24(13)19(27)22-12-3-2-4-12/h6-7,10,12-13,16,25H,2-5,8-9H2,1H3,(H,22,27)/t10-,13-,16-/m1/s1. The molecule has 3 aliphatic rings. The van der Waals surface area contributed by atoms with Crippen LogP contribution in [-0.4, -0.2) is 58.6 Å². The molecule has 1 aromatic rings. The number of piperidine rings is 1. The van der Waals surface area contributed by atoms with Crippen LogP contribution in [0.2, 0.25) is 10.0 Å². The Morgan fingerprint density at radius 2 is 2.00 bits per heavy atom. The first-order valence-corrected chi connectivity index (χ1v) is 10.1. The number of likely N-dealkylation sites (tertiary alicyclic amines) is 1. The molecule has 1 saturated heterocycles. The third kappa shape index (κ3) is 3.34. The van der Waals surface area contributed by atoms with Gasteiger partial charge in [-0.05, 0) is 50.2 Å². The molecule has 27 heavy (non-hydrogen) atoms. The Morgan fingerprint density at radius 1 is 1.26 bits per heavy atom. The minimum atomic E-state index is -0.306. The Balaban J connectivity index is 1.42. The molecule has 8 heteroatoms. The fourth-order valence-corrected chi connectivity index (χ4v) is 5.02. The zero-order chi connectivity index (χ0) is 19.3. The van der Waals surface area contributed by atoms with E-state index in [1.807, 2.05) is 4.90 Å². The van der Waals surface area contributed by atoms with E-state index in [0.29, 0.717) is 17.6 Å². The van der Waals surface area contributed by atoms with Gasteiger partial charge in [0.25, 0.3) is 5.91 Å². The maximum absolute atomic E-state index is 12.9. The second-order valence-electron chi connectivity index (χ2n) is 7.88. The fraction of sp³-hybridized carbons (Fsp3) is 0.579. The van der Waals surface area contributed by atoms with Crippen LogP contribution in [0.25, 0.3) is 0 Å². The van der Waals surface area contributed by atoms with Crippen molar-refractivity contribution in [3.05, 3.63) is 27.7 Å². The van der Waals surface area contributed by atoms with Gasteiger partial charge in [-0.2, -0.15) is 0 Å². The van der Waals surface area contributed by atoms with E-state index in [4.69, 9.17) is 23.2 Å². The van der Waals surface area contributed by atoms with Gasteiger partial charge in [-0.15, -0.1) is 0 Å². The summed E-state index contributed by atoms with van der Waals surface area (Å²) in [6.07, 6.45) is 4.98. The van der Waals surface area contributed by atoms with Gasteiger partial charge in [0.05, 0.1) is 10.6 Å². The van der Waals surface area contributed by atoms with Crippen molar-refractivity contribution in [2.24, 2.45) is 5.92 Å². The van der Waals surface area contributed by atoms with E-state index in [-0.39, 0.29) is 46.3 Å². The second kappa shape index (κ2) is 7.06. The topological polar surface area (TPSA) is 72.9 Å². The first kappa shape index (κ1) is 18.7. The van der Waals surface area contributed by atoms with Crippen LogP contribution in [0.5, 0.6) is 5.75 Å². The summed E-state index contributed by atoms with van der Waals surface area (Å²) < 4.78 is 0. The van der Waals surface area contributed by atoms with Gasteiger partial charge in [0.2, 0.25) is 0 Å². The number of benzene rings is 1. The number of carbonyl (C=O) groups excluding carboxylic acids is 2. The molecule has 0 spiro atoms. The van der Waals surface area contributed by atoms with E-state index in [1.165, 1.54) is 18.6 Å².